The summed E-state index contributed by atoms with van der Waals surface area (Å²) in [5.74, 6) is -0.768. The smallest absolute Gasteiger partial charge is 0.320 e. The van der Waals surface area contributed by atoms with Gasteiger partial charge in [0.05, 0.1) is 12.9 Å². The van der Waals surface area contributed by atoms with Crippen molar-refractivity contribution in [2.45, 2.75) is 0 Å². The molecule has 6 heteroatoms. The summed E-state index contributed by atoms with van der Waals surface area (Å²) in [6.45, 7) is 3.03. The zero-order chi connectivity index (χ0) is 10.5. The molecule has 0 heterocycles. The average molecular weight is 207 g/mol. The monoisotopic (exact) mass is 207 g/mol. The number of hydrogen-bond donors (Lipinski definition) is 0. The second-order valence-corrected chi connectivity index (χ2v) is 4.52. The van der Waals surface area contributed by atoms with Crippen LogP contribution in [0.1, 0.15) is 0 Å². The largest absolute Gasteiger partial charge is 0.468 e. The standard InChI is InChI=1S/C7H13NO4S/c1-4-5-13(10,11)8(2)6-7(9)12-3/h4H,1,5-6H2,2-3H3. The van der Waals surface area contributed by atoms with E-state index < -0.39 is 16.0 Å². The molecule has 0 spiro atoms. The number of hydrogen-bond acceptors (Lipinski definition) is 4. The minimum atomic E-state index is -3.40. The molecule has 5 nitrogen and oxygen atoms in total. The lowest BCUT2D eigenvalue weighted by atomic mass is 10.7. The minimum Gasteiger partial charge on any atom is -0.468 e. The van der Waals surface area contributed by atoms with E-state index in [-0.39, 0.29) is 12.3 Å². The molecule has 0 radical (unpaired) electrons. The number of carbonyl (C=O) groups excluding carboxylic acids is 1. The first-order chi connectivity index (χ1) is 5.94. The fraction of sp³-hybridized carbons (Fsp3) is 0.571. The van der Waals surface area contributed by atoms with Gasteiger partial charge in [-0.1, -0.05) is 6.08 Å². The Bertz CT molecular complexity index is 283. The van der Waals surface area contributed by atoms with Gasteiger partial charge in [-0.25, -0.2) is 8.42 Å². The first kappa shape index (κ1) is 12.1. The number of sulfonamides is 1. The first-order valence-corrected chi connectivity index (χ1v) is 5.16. The zero-order valence-corrected chi connectivity index (χ0v) is 8.50. The van der Waals surface area contributed by atoms with Crippen molar-refractivity contribution in [1.82, 2.24) is 4.31 Å². The molecule has 0 aliphatic heterocycles. The van der Waals surface area contributed by atoms with Crippen LogP contribution in [0, 0.1) is 0 Å². The van der Waals surface area contributed by atoms with Crippen LogP contribution >= 0.6 is 0 Å². The van der Waals surface area contributed by atoms with Gasteiger partial charge in [0.1, 0.15) is 6.54 Å². The molecule has 0 aromatic rings. The van der Waals surface area contributed by atoms with Crippen molar-refractivity contribution >= 4 is 16.0 Å². The molecule has 0 fully saturated rings. The molecular formula is C7H13NO4S. The highest BCUT2D eigenvalue weighted by atomic mass is 32.2. The predicted octanol–water partition coefficient (Wildman–Crippen LogP) is -0.393. The summed E-state index contributed by atoms with van der Waals surface area (Å²) < 4.78 is 27.7. The first-order valence-electron chi connectivity index (χ1n) is 3.55. The van der Waals surface area contributed by atoms with Gasteiger partial charge in [0.2, 0.25) is 10.0 Å². The summed E-state index contributed by atoms with van der Waals surface area (Å²) in [4.78, 5) is 10.7. The maximum atomic E-state index is 11.2. The summed E-state index contributed by atoms with van der Waals surface area (Å²) >= 11 is 0. The van der Waals surface area contributed by atoms with Gasteiger partial charge >= 0.3 is 5.97 Å². The fourth-order valence-corrected chi connectivity index (χ4v) is 1.48. The number of rotatable bonds is 5. The van der Waals surface area contributed by atoms with Crippen molar-refractivity contribution in [3.8, 4) is 0 Å². The van der Waals surface area contributed by atoms with Gasteiger partial charge in [0.15, 0.2) is 0 Å². The van der Waals surface area contributed by atoms with Crippen molar-refractivity contribution in [3.63, 3.8) is 0 Å². The van der Waals surface area contributed by atoms with E-state index in [1.165, 1.54) is 20.2 Å². The fourth-order valence-electron chi connectivity index (χ4n) is 0.621. The molecule has 0 unspecified atom stereocenters. The lowest BCUT2D eigenvalue weighted by molar-refractivity contribution is -0.140. The molecule has 0 saturated carbocycles. The molecule has 0 rings (SSSR count). The number of methoxy groups -OCH3 is 1. The summed E-state index contributed by atoms with van der Waals surface area (Å²) in [5, 5.41) is 0. The molecule has 0 bridgehead atoms. The third-order valence-corrected chi connectivity index (χ3v) is 3.12. The molecular weight excluding hydrogens is 194 g/mol. The highest BCUT2D eigenvalue weighted by Crippen LogP contribution is 1.98. The van der Waals surface area contributed by atoms with E-state index >= 15 is 0 Å². The molecule has 0 aliphatic carbocycles. The molecule has 76 valence electrons. The Morgan fingerprint density at radius 2 is 2.15 bits per heavy atom. The Morgan fingerprint density at radius 3 is 2.54 bits per heavy atom. The van der Waals surface area contributed by atoms with Crippen LogP contribution in [0.2, 0.25) is 0 Å². The number of carbonyl (C=O) groups is 1. The van der Waals surface area contributed by atoms with Crippen LogP contribution in [-0.2, 0) is 19.6 Å². The van der Waals surface area contributed by atoms with E-state index in [1.54, 1.807) is 0 Å². The molecule has 0 saturated heterocycles. The quantitative estimate of drug-likeness (QED) is 0.455. The van der Waals surface area contributed by atoms with Crippen LogP contribution < -0.4 is 0 Å². The van der Waals surface area contributed by atoms with Crippen molar-refractivity contribution < 1.29 is 17.9 Å². The summed E-state index contributed by atoms with van der Waals surface area (Å²) in [6, 6.07) is 0. The van der Waals surface area contributed by atoms with E-state index in [2.05, 4.69) is 11.3 Å². The van der Waals surface area contributed by atoms with Crippen LogP contribution in [0.3, 0.4) is 0 Å². The van der Waals surface area contributed by atoms with Crippen molar-refractivity contribution in [3.05, 3.63) is 12.7 Å². The maximum Gasteiger partial charge on any atom is 0.320 e. The van der Waals surface area contributed by atoms with Crippen molar-refractivity contribution in [2.75, 3.05) is 26.5 Å². The van der Waals surface area contributed by atoms with E-state index in [0.717, 1.165) is 4.31 Å². The third kappa shape index (κ3) is 4.05. The summed E-state index contributed by atoms with van der Waals surface area (Å²) in [5.41, 5.74) is 0. The highest BCUT2D eigenvalue weighted by molar-refractivity contribution is 7.89. The third-order valence-electron chi connectivity index (χ3n) is 1.38. The van der Waals surface area contributed by atoms with E-state index in [4.69, 9.17) is 0 Å². The predicted molar refractivity (Wildman–Crippen MR) is 48.6 cm³/mol. The zero-order valence-electron chi connectivity index (χ0n) is 7.69. The van der Waals surface area contributed by atoms with Crippen molar-refractivity contribution in [1.29, 1.82) is 0 Å². The molecule has 0 atom stereocenters. The van der Waals surface area contributed by atoms with E-state index in [1.807, 2.05) is 0 Å². The summed E-state index contributed by atoms with van der Waals surface area (Å²) in [6.07, 6.45) is 1.27. The Kier molecular flexibility index (Phi) is 4.64. The maximum absolute atomic E-state index is 11.2. The van der Waals surface area contributed by atoms with Crippen LogP contribution in [0.5, 0.6) is 0 Å². The molecule has 0 aromatic carbocycles. The Morgan fingerprint density at radius 1 is 1.62 bits per heavy atom. The average Bonchev–Trinajstić information content (AvgIpc) is 2.04. The topological polar surface area (TPSA) is 63.7 Å². The van der Waals surface area contributed by atoms with Crippen LogP contribution in [-0.4, -0.2) is 45.1 Å². The molecule has 0 N–H and O–H groups in total. The second-order valence-electron chi connectivity index (χ2n) is 2.40. The summed E-state index contributed by atoms with van der Waals surface area (Å²) in [7, 11) is -0.881. The molecule has 0 amide bonds. The van der Waals surface area contributed by atoms with Crippen LogP contribution in [0.4, 0.5) is 0 Å². The molecule has 0 aromatic heterocycles. The SMILES string of the molecule is C=CCS(=O)(=O)N(C)CC(=O)OC. The Labute approximate surface area is 78.0 Å². The number of esters is 1. The second kappa shape index (κ2) is 4.98. The van der Waals surface area contributed by atoms with Gasteiger partial charge in [-0.3, -0.25) is 4.79 Å². The highest BCUT2D eigenvalue weighted by Gasteiger charge is 2.18. The Hall–Kier alpha value is -0.880. The van der Waals surface area contributed by atoms with Gasteiger partial charge in [0.25, 0.3) is 0 Å². The minimum absolute atomic E-state index is 0.180. The van der Waals surface area contributed by atoms with Crippen LogP contribution in [0.15, 0.2) is 12.7 Å². The van der Waals surface area contributed by atoms with Crippen molar-refractivity contribution in [2.24, 2.45) is 0 Å². The van der Waals surface area contributed by atoms with Gasteiger partial charge in [0, 0.05) is 7.05 Å². The number of likely N-dealkylation sites (N-methyl/N-ethyl adjacent to an activating group) is 1. The number of ether oxygens (including phenoxy) is 1. The lowest BCUT2D eigenvalue weighted by Gasteiger charge is -2.13. The van der Waals surface area contributed by atoms with Gasteiger partial charge in [-0.05, 0) is 0 Å². The Balaban J connectivity index is 4.33. The van der Waals surface area contributed by atoms with Gasteiger partial charge in [-0.2, -0.15) is 4.31 Å². The van der Waals surface area contributed by atoms with E-state index in [9.17, 15) is 13.2 Å². The van der Waals surface area contributed by atoms with Crippen LogP contribution in [0.25, 0.3) is 0 Å². The van der Waals surface area contributed by atoms with Gasteiger partial charge in [-0.15, -0.1) is 6.58 Å². The van der Waals surface area contributed by atoms with E-state index in [0.29, 0.717) is 0 Å². The lowest BCUT2D eigenvalue weighted by Crippen LogP contribution is -2.33. The molecule has 0 aliphatic rings. The normalized spacial score (nSPS) is 11.3. The number of nitrogens with zero attached hydrogens (tertiary/aromatic N) is 1. The molecule has 13 heavy (non-hydrogen) atoms. The van der Waals surface area contributed by atoms with Gasteiger partial charge < -0.3 is 4.74 Å².